The fourth-order valence-electron chi connectivity index (χ4n) is 3.44. The molecule has 2 fully saturated rings. The van der Waals surface area contributed by atoms with Crippen molar-refractivity contribution in [3.63, 3.8) is 0 Å². The van der Waals surface area contributed by atoms with Gasteiger partial charge in [-0.1, -0.05) is 38.5 Å². The SMILES string of the molecule is CN=C(NCCCCC1CCCC1)NCCN1CCOCC1.I. The van der Waals surface area contributed by atoms with Crippen LogP contribution in [0.15, 0.2) is 4.99 Å². The molecule has 136 valence electrons. The van der Waals surface area contributed by atoms with E-state index in [0.717, 1.165) is 57.8 Å². The maximum absolute atomic E-state index is 5.36. The smallest absolute Gasteiger partial charge is 0.191 e. The molecule has 6 heteroatoms. The lowest BCUT2D eigenvalue weighted by Gasteiger charge is -2.26. The monoisotopic (exact) mass is 438 g/mol. The van der Waals surface area contributed by atoms with Crippen molar-refractivity contribution in [3.8, 4) is 0 Å². The Hall–Kier alpha value is -0.0800. The molecule has 1 aliphatic carbocycles. The number of morpholine rings is 1. The third kappa shape index (κ3) is 9.10. The fourth-order valence-corrected chi connectivity index (χ4v) is 3.44. The van der Waals surface area contributed by atoms with E-state index in [0.29, 0.717) is 0 Å². The van der Waals surface area contributed by atoms with E-state index in [-0.39, 0.29) is 24.0 Å². The summed E-state index contributed by atoms with van der Waals surface area (Å²) >= 11 is 0. The molecule has 0 amide bonds. The van der Waals surface area contributed by atoms with Gasteiger partial charge in [-0.15, -0.1) is 24.0 Å². The van der Waals surface area contributed by atoms with Gasteiger partial charge in [0.05, 0.1) is 13.2 Å². The molecule has 1 saturated heterocycles. The van der Waals surface area contributed by atoms with E-state index in [2.05, 4.69) is 20.5 Å². The lowest BCUT2D eigenvalue weighted by atomic mass is 10.0. The Morgan fingerprint density at radius 3 is 2.48 bits per heavy atom. The summed E-state index contributed by atoms with van der Waals surface area (Å²) in [5.41, 5.74) is 0. The number of hydrogen-bond acceptors (Lipinski definition) is 3. The zero-order valence-electron chi connectivity index (χ0n) is 14.7. The van der Waals surface area contributed by atoms with Crippen LogP contribution in [0.5, 0.6) is 0 Å². The van der Waals surface area contributed by atoms with Crippen LogP contribution in [0.2, 0.25) is 0 Å². The van der Waals surface area contributed by atoms with Crippen molar-refractivity contribution >= 4 is 29.9 Å². The topological polar surface area (TPSA) is 48.9 Å². The molecule has 23 heavy (non-hydrogen) atoms. The van der Waals surface area contributed by atoms with E-state index in [1.165, 1.54) is 44.9 Å². The van der Waals surface area contributed by atoms with Crippen molar-refractivity contribution in [2.24, 2.45) is 10.9 Å². The van der Waals surface area contributed by atoms with Crippen molar-refractivity contribution in [2.75, 3.05) is 53.0 Å². The van der Waals surface area contributed by atoms with Gasteiger partial charge in [-0.3, -0.25) is 9.89 Å². The standard InChI is InChI=1S/C17H34N4O.HI/c1-18-17(20-10-11-21-12-14-22-15-13-21)19-9-5-4-8-16-6-2-3-7-16;/h16H,2-15H2,1H3,(H2,18,19,20);1H. The predicted molar refractivity (Wildman–Crippen MR) is 108 cm³/mol. The number of halogens is 1. The Bertz CT molecular complexity index is 316. The van der Waals surface area contributed by atoms with Gasteiger partial charge < -0.3 is 15.4 Å². The van der Waals surface area contributed by atoms with Crippen molar-refractivity contribution in [1.82, 2.24) is 15.5 Å². The molecule has 0 bridgehead atoms. The molecule has 5 nitrogen and oxygen atoms in total. The van der Waals surface area contributed by atoms with Crippen LogP contribution < -0.4 is 10.6 Å². The van der Waals surface area contributed by atoms with Gasteiger partial charge in [0.15, 0.2) is 5.96 Å². The van der Waals surface area contributed by atoms with Crippen molar-refractivity contribution < 1.29 is 4.74 Å². The van der Waals surface area contributed by atoms with Crippen LogP contribution in [0.3, 0.4) is 0 Å². The summed E-state index contributed by atoms with van der Waals surface area (Å²) in [5, 5.41) is 6.83. The first-order valence-corrected chi connectivity index (χ1v) is 9.13. The molecule has 2 rings (SSSR count). The third-order valence-corrected chi connectivity index (χ3v) is 4.85. The van der Waals surface area contributed by atoms with Gasteiger partial charge in [-0.25, -0.2) is 0 Å². The number of rotatable bonds is 8. The molecule has 0 spiro atoms. The van der Waals surface area contributed by atoms with Crippen LogP contribution in [0.4, 0.5) is 0 Å². The number of nitrogens with one attached hydrogen (secondary N) is 2. The number of nitrogens with zero attached hydrogens (tertiary/aromatic N) is 2. The van der Waals surface area contributed by atoms with E-state index in [1.54, 1.807) is 0 Å². The maximum atomic E-state index is 5.36. The second kappa shape index (κ2) is 13.2. The third-order valence-electron chi connectivity index (χ3n) is 4.85. The van der Waals surface area contributed by atoms with Crippen LogP contribution in [-0.2, 0) is 4.74 Å². The Labute approximate surface area is 159 Å². The highest BCUT2D eigenvalue weighted by Gasteiger charge is 2.14. The highest BCUT2D eigenvalue weighted by molar-refractivity contribution is 14.0. The number of guanidine groups is 1. The zero-order valence-corrected chi connectivity index (χ0v) is 17.0. The second-order valence-corrected chi connectivity index (χ2v) is 6.53. The lowest BCUT2D eigenvalue weighted by Crippen LogP contribution is -2.44. The normalized spacial score (nSPS) is 20.3. The molecule has 1 saturated carbocycles. The Morgan fingerprint density at radius 1 is 1.09 bits per heavy atom. The minimum absolute atomic E-state index is 0. The minimum Gasteiger partial charge on any atom is -0.379 e. The number of aliphatic imine (C=N–C) groups is 1. The molecule has 1 aliphatic heterocycles. The molecule has 2 N–H and O–H groups in total. The first kappa shape index (κ1) is 21.0. The first-order valence-electron chi connectivity index (χ1n) is 9.13. The van der Waals surface area contributed by atoms with Gasteiger partial charge in [0.2, 0.25) is 0 Å². The van der Waals surface area contributed by atoms with Crippen LogP contribution >= 0.6 is 24.0 Å². The molecule has 0 aromatic heterocycles. The van der Waals surface area contributed by atoms with Crippen LogP contribution in [-0.4, -0.2) is 63.8 Å². The van der Waals surface area contributed by atoms with Crippen molar-refractivity contribution in [3.05, 3.63) is 0 Å². The summed E-state index contributed by atoms with van der Waals surface area (Å²) in [6, 6.07) is 0. The van der Waals surface area contributed by atoms with Gasteiger partial charge in [0.1, 0.15) is 0 Å². The molecule has 0 atom stereocenters. The fraction of sp³-hybridized carbons (Fsp3) is 0.941. The average Bonchev–Trinajstić information content (AvgIpc) is 3.07. The van der Waals surface area contributed by atoms with Crippen LogP contribution in [0, 0.1) is 5.92 Å². The highest BCUT2D eigenvalue weighted by Crippen LogP contribution is 2.28. The summed E-state index contributed by atoms with van der Waals surface area (Å²) in [7, 11) is 1.85. The van der Waals surface area contributed by atoms with E-state index in [1.807, 2.05) is 7.05 Å². The van der Waals surface area contributed by atoms with Crippen LogP contribution in [0.25, 0.3) is 0 Å². The molecular weight excluding hydrogens is 403 g/mol. The summed E-state index contributed by atoms with van der Waals surface area (Å²) in [6.07, 6.45) is 9.88. The maximum Gasteiger partial charge on any atom is 0.191 e. The Kier molecular flexibility index (Phi) is 12.1. The highest BCUT2D eigenvalue weighted by atomic mass is 127. The van der Waals surface area contributed by atoms with Crippen molar-refractivity contribution in [2.45, 2.75) is 44.9 Å². The van der Waals surface area contributed by atoms with Gasteiger partial charge in [-0.2, -0.15) is 0 Å². The summed E-state index contributed by atoms with van der Waals surface area (Å²) < 4.78 is 5.36. The summed E-state index contributed by atoms with van der Waals surface area (Å²) in [5.74, 6) is 1.96. The van der Waals surface area contributed by atoms with Crippen molar-refractivity contribution in [1.29, 1.82) is 0 Å². The molecule has 2 aliphatic rings. The quantitative estimate of drug-likeness (QED) is 0.265. The van der Waals surface area contributed by atoms with Gasteiger partial charge >= 0.3 is 0 Å². The molecule has 0 unspecified atom stereocenters. The second-order valence-electron chi connectivity index (χ2n) is 6.53. The number of hydrogen-bond donors (Lipinski definition) is 2. The molecule has 0 aromatic rings. The summed E-state index contributed by atoms with van der Waals surface area (Å²) in [4.78, 5) is 6.73. The van der Waals surface area contributed by atoms with E-state index >= 15 is 0 Å². The van der Waals surface area contributed by atoms with Gasteiger partial charge in [0, 0.05) is 39.8 Å². The van der Waals surface area contributed by atoms with E-state index < -0.39 is 0 Å². The minimum atomic E-state index is 0. The predicted octanol–water partition coefficient (Wildman–Crippen LogP) is 2.46. The largest absolute Gasteiger partial charge is 0.379 e. The summed E-state index contributed by atoms with van der Waals surface area (Å²) in [6.45, 7) is 6.88. The Balaban J connectivity index is 0.00000264. The van der Waals surface area contributed by atoms with Crippen LogP contribution in [0.1, 0.15) is 44.9 Å². The molecule has 0 radical (unpaired) electrons. The molecule has 0 aromatic carbocycles. The first-order chi connectivity index (χ1) is 10.9. The van der Waals surface area contributed by atoms with Gasteiger partial charge in [-0.05, 0) is 12.3 Å². The zero-order chi connectivity index (χ0) is 15.5. The van der Waals surface area contributed by atoms with E-state index in [4.69, 9.17) is 4.74 Å². The Morgan fingerprint density at radius 2 is 1.78 bits per heavy atom. The lowest BCUT2D eigenvalue weighted by molar-refractivity contribution is 0.0389. The van der Waals surface area contributed by atoms with Gasteiger partial charge in [0.25, 0.3) is 0 Å². The molecule has 1 heterocycles. The number of ether oxygens (including phenoxy) is 1. The molecular formula is C17H35IN4O. The average molecular weight is 438 g/mol. The number of unbranched alkanes of at least 4 members (excludes halogenated alkanes) is 1. The van der Waals surface area contributed by atoms with E-state index in [9.17, 15) is 0 Å².